The summed E-state index contributed by atoms with van der Waals surface area (Å²) in [6.45, 7) is 0.937. The van der Waals surface area contributed by atoms with Gasteiger partial charge >= 0.3 is 5.82 Å². The Kier molecular flexibility index (Phi) is 2.17. The minimum Gasteiger partial charge on any atom is -0.358 e. The zero-order valence-electron chi connectivity index (χ0n) is 5.80. The molecule has 0 saturated heterocycles. The largest absolute Gasteiger partial charge is 0.389 e. The predicted octanol–water partition coefficient (Wildman–Crippen LogP) is -0.250. The van der Waals surface area contributed by atoms with Gasteiger partial charge in [-0.3, -0.25) is 0 Å². The van der Waals surface area contributed by atoms with Crippen molar-refractivity contribution < 1.29 is 4.92 Å². The van der Waals surface area contributed by atoms with Crippen molar-refractivity contribution in [2.45, 2.75) is 6.54 Å². The van der Waals surface area contributed by atoms with Gasteiger partial charge in [0.1, 0.15) is 0 Å². The molecule has 0 amide bonds. The summed E-state index contributed by atoms with van der Waals surface area (Å²) in [6.07, 6.45) is 1.53. The average molecular weight is 156 g/mol. The maximum absolute atomic E-state index is 10.1. The van der Waals surface area contributed by atoms with Gasteiger partial charge in [0, 0.05) is 6.54 Å². The Bertz CT molecular complexity index is 257. The maximum atomic E-state index is 10.1. The van der Waals surface area contributed by atoms with E-state index in [9.17, 15) is 10.1 Å². The fourth-order valence-corrected chi connectivity index (χ4v) is 0.705. The van der Waals surface area contributed by atoms with Crippen LogP contribution in [0, 0.1) is 10.1 Å². The zero-order chi connectivity index (χ0) is 8.27. The highest BCUT2D eigenvalue weighted by Crippen LogP contribution is 2.04. The second-order valence-corrected chi connectivity index (χ2v) is 1.98. The Morgan fingerprint density at radius 1 is 1.82 bits per heavy atom. The van der Waals surface area contributed by atoms with Crippen molar-refractivity contribution in [1.82, 2.24) is 9.78 Å². The van der Waals surface area contributed by atoms with Gasteiger partial charge < -0.3 is 15.8 Å². The van der Waals surface area contributed by atoms with Gasteiger partial charge in [-0.05, 0) is 4.92 Å². The Morgan fingerprint density at radius 2 is 2.55 bits per heavy atom. The topological polar surface area (TPSA) is 87.0 Å². The van der Waals surface area contributed by atoms with E-state index in [1.165, 1.54) is 16.9 Å². The first-order valence-electron chi connectivity index (χ1n) is 3.12. The van der Waals surface area contributed by atoms with Crippen molar-refractivity contribution in [2.24, 2.45) is 5.73 Å². The number of nitro groups is 1. The molecule has 0 aliphatic rings. The van der Waals surface area contributed by atoms with E-state index < -0.39 is 4.92 Å². The van der Waals surface area contributed by atoms with Gasteiger partial charge in [-0.2, -0.15) is 4.68 Å². The summed E-state index contributed by atoms with van der Waals surface area (Å²) >= 11 is 0. The van der Waals surface area contributed by atoms with E-state index in [1.807, 2.05) is 0 Å². The summed E-state index contributed by atoms with van der Waals surface area (Å²) in [4.78, 5) is 9.58. The lowest BCUT2D eigenvalue weighted by Gasteiger charge is -1.88. The lowest BCUT2D eigenvalue weighted by Crippen LogP contribution is -2.10. The van der Waals surface area contributed by atoms with E-state index in [0.717, 1.165) is 0 Å². The van der Waals surface area contributed by atoms with Crippen molar-refractivity contribution in [3.8, 4) is 0 Å². The molecule has 0 saturated carbocycles. The van der Waals surface area contributed by atoms with E-state index in [2.05, 4.69) is 5.10 Å². The molecule has 60 valence electrons. The van der Waals surface area contributed by atoms with Gasteiger partial charge in [-0.1, -0.05) is 0 Å². The van der Waals surface area contributed by atoms with Crippen LogP contribution in [0.25, 0.3) is 0 Å². The van der Waals surface area contributed by atoms with Crippen LogP contribution in [-0.2, 0) is 6.54 Å². The highest BCUT2D eigenvalue weighted by molar-refractivity contribution is 5.13. The van der Waals surface area contributed by atoms with Crippen LogP contribution >= 0.6 is 0 Å². The van der Waals surface area contributed by atoms with Crippen molar-refractivity contribution in [3.63, 3.8) is 0 Å². The first-order chi connectivity index (χ1) is 5.24. The van der Waals surface area contributed by atoms with Crippen molar-refractivity contribution in [3.05, 3.63) is 22.4 Å². The Labute approximate surface area is 62.8 Å². The van der Waals surface area contributed by atoms with Crippen LogP contribution in [-0.4, -0.2) is 21.2 Å². The molecule has 1 aromatic heterocycles. The lowest BCUT2D eigenvalue weighted by molar-refractivity contribution is -0.389. The molecule has 0 radical (unpaired) electrons. The van der Waals surface area contributed by atoms with Crippen LogP contribution in [0.4, 0.5) is 5.82 Å². The summed E-state index contributed by atoms with van der Waals surface area (Å²) in [5.74, 6) is -0.140. The van der Waals surface area contributed by atoms with Gasteiger partial charge in [-0.15, -0.1) is 0 Å². The van der Waals surface area contributed by atoms with Crippen LogP contribution in [0.5, 0.6) is 0 Å². The lowest BCUT2D eigenvalue weighted by atomic mass is 10.6. The molecule has 1 rings (SSSR count). The zero-order valence-corrected chi connectivity index (χ0v) is 5.80. The summed E-state index contributed by atoms with van der Waals surface area (Å²) in [5.41, 5.74) is 5.22. The molecule has 0 bridgehead atoms. The van der Waals surface area contributed by atoms with E-state index >= 15 is 0 Å². The summed E-state index contributed by atoms with van der Waals surface area (Å²) in [7, 11) is 0. The summed E-state index contributed by atoms with van der Waals surface area (Å²) < 4.78 is 1.44. The second-order valence-electron chi connectivity index (χ2n) is 1.98. The molecule has 1 aromatic rings. The molecular formula is C5H8N4O2. The molecule has 6 heteroatoms. The smallest absolute Gasteiger partial charge is 0.358 e. The third-order valence-corrected chi connectivity index (χ3v) is 1.17. The Morgan fingerprint density at radius 3 is 3.00 bits per heavy atom. The first kappa shape index (κ1) is 7.67. The number of aromatic nitrogens is 2. The molecule has 6 nitrogen and oxygen atoms in total. The van der Waals surface area contributed by atoms with Crippen LogP contribution in [0.3, 0.4) is 0 Å². The van der Waals surface area contributed by atoms with Gasteiger partial charge in [0.25, 0.3) is 0 Å². The third kappa shape index (κ3) is 1.74. The van der Waals surface area contributed by atoms with E-state index in [-0.39, 0.29) is 5.82 Å². The molecule has 0 aliphatic heterocycles. The standard InChI is InChI=1S/C5H8N4O2/c6-2-4-8-3-1-5(7-8)9(10)11/h1,3H,2,4,6H2. The van der Waals surface area contributed by atoms with Crippen LogP contribution in [0.1, 0.15) is 0 Å². The highest BCUT2D eigenvalue weighted by atomic mass is 16.6. The molecular weight excluding hydrogens is 148 g/mol. The number of nitrogens with two attached hydrogens (primary N) is 1. The van der Waals surface area contributed by atoms with Gasteiger partial charge in [0.05, 0.1) is 23.9 Å². The summed E-state index contributed by atoms with van der Waals surface area (Å²) in [6, 6.07) is 1.34. The second kappa shape index (κ2) is 3.11. The summed E-state index contributed by atoms with van der Waals surface area (Å²) in [5, 5.41) is 13.8. The average Bonchev–Trinajstić information content (AvgIpc) is 2.37. The predicted molar refractivity (Wildman–Crippen MR) is 37.9 cm³/mol. The molecule has 0 aliphatic carbocycles. The van der Waals surface area contributed by atoms with E-state index in [1.54, 1.807) is 0 Å². The maximum Gasteiger partial charge on any atom is 0.389 e. The molecule has 11 heavy (non-hydrogen) atoms. The first-order valence-corrected chi connectivity index (χ1v) is 3.12. The number of hydrogen-bond acceptors (Lipinski definition) is 4. The molecule has 0 unspecified atom stereocenters. The normalized spacial score (nSPS) is 9.91. The van der Waals surface area contributed by atoms with Crippen molar-refractivity contribution in [2.75, 3.05) is 6.54 Å². The molecule has 0 aromatic carbocycles. The molecule has 0 fully saturated rings. The quantitative estimate of drug-likeness (QED) is 0.482. The van der Waals surface area contributed by atoms with Crippen LogP contribution < -0.4 is 5.73 Å². The van der Waals surface area contributed by atoms with Crippen molar-refractivity contribution >= 4 is 5.82 Å². The number of rotatable bonds is 3. The van der Waals surface area contributed by atoms with E-state index in [0.29, 0.717) is 13.1 Å². The van der Waals surface area contributed by atoms with E-state index in [4.69, 9.17) is 5.73 Å². The number of nitrogens with zero attached hydrogens (tertiary/aromatic N) is 3. The molecule has 0 spiro atoms. The van der Waals surface area contributed by atoms with Crippen LogP contribution in [0.2, 0.25) is 0 Å². The number of hydrogen-bond donors (Lipinski definition) is 1. The third-order valence-electron chi connectivity index (χ3n) is 1.17. The van der Waals surface area contributed by atoms with Gasteiger partial charge in [-0.25, -0.2) is 0 Å². The highest BCUT2D eigenvalue weighted by Gasteiger charge is 2.08. The van der Waals surface area contributed by atoms with Gasteiger partial charge in [0.15, 0.2) is 0 Å². The van der Waals surface area contributed by atoms with Gasteiger partial charge in [0.2, 0.25) is 0 Å². The SMILES string of the molecule is NCCn1ccc([N+](=O)[O-])n1. The minimum absolute atomic E-state index is 0.140. The van der Waals surface area contributed by atoms with Crippen LogP contribution in [0.15, 0.2) is 12.3 Å². The fraction of sp³-hybridized carbons (Fsp3) is 0.400. The molecule has 1 heterocycles. The molecule has 0 atom stereocenters. The molecule has 2 N–H and O–H groups in total. The Hall–Kier alpha value is -1.43. The van der Waals surface area contributed by atoms with Crippen molar-refractivity contribution in [1.29, 1.82) is 0 Å². The monoisotopic (exact) mass is 156 g/mol. The minimum atomic E-state index is -0.535. The fourth-order valence-electron chi connectivity index (χ4n) is 0.705. The Balaban J connectivity index is 2.73.